The molecule has 1 aromatic rings. The smallest absolute Gasteiger partial charge is 0.166 e. The predicted molar refractivity (Wildman–Crippen MR) is 60.3 cm³/mol. The first-order valence-corrected chi connectivity index (χ1v) is 5.75. The van der Waals surface area contributed by atoms with Crippen molar-refractivity contribution in [3.8, 4) is 0 Å². The molecule has 7 heteroatoms. The Morgan fingerprint density at radius 1 is 0.938 bits per heavy atom. The fraction of sp³-hybridized carbons (Fsp3) is 0.333. The Morgan fingerprint density at radius 3 is 1.88 bits per heavy atom. The van der Waals surface area contributed by atoms with Gasteiger partial charge in [-0.25, -0.2) is 0 Å². The average Bonchev–Trinajstić information content (AvgIpc) is 2.15. The third-order valence-corrected chi connectivity index (χ3v) is 2.84. The number of hydrogen-bond acceptors (Lipinski definition) is 0. The van der Waals surface area contributed by atoms with Gasteiger partial charge in [-0.2, -0.15) is 13.2 Å². The third kappa shape index (κ3) is 3.33. The van der Waals surface area contributed by atoms with Crippen LogP contribution in [0.2, 0.25) is 0 Å². The molecule has 90 valence electrons. The molecule has 0 unspecified atom stereocenters. The molecular weight excluding hydrogens is 307 g/mol. The quantitative estimate of drug-likeness (QED) is 0.618. The van der Waals surface area contributed by atoms with Crippen LogP contribution >= 0.6 is 46.4 Å². The van der Waals surface area contributed by atoms with Gasteiger partial charge < -0.3 is 0 Å². The topological polar surface area (TPSA) is 0 Å². The molecule has 0 radical (unpaired) electrons. The number of halogens is 7. The summed E-state index contributed by atoms with van der Waals surface area (Å²) in [4.78, 5) is -2.21. The van der Waals surface area contributed by atoms with Crippen LogP contribution in [-0.2, 0) is 6.18 Å². The van der Waals surface area contributed by atoms with E-state index in [1.54, 1.807) is 0 Å². The summed E-state index contributed by atoms with van der Waals surface area (Å²) in [6.45, 7) is 0. The Morgan fingerprint density at radius 2 is 1.50 bits per heavy atom. The summed E-state index contributed by atoms with van der Waals surface area (Å²) in [5.41, 5.74) is -0.822. The van der Waals surface area contributed by atoms with Gasteiger partial charge in [-0.3, -0.25) is 0 Å². The zero-order valence-electron chi connectivity index (χ0n) is 7.53. The monoisotopic (exact) mass is 310 g/mol. The highest BCUT2D eigenvalue weighted by Crippen LogP contribution is 2.40. The molecule has 0 aromatic heterocycles. The summed E-state index contributed by atoms with van der Waals surface area (Å²) in [5, 5.41) is 0. The van der Waals surface area contributed by atoms with Crippen LogP contribution in [0, 0.1) is 0 Å². The zero-order chi connectivity index (χ0) is 12.5. The summed E-state index contributed by atoms with van der Waals surface area (Å²) >= 11 is 22.0. The molecule has 0 spiro atoms. The lowest BCUT2D eigenvalue weighted by Crippen LogP contribution is -2.09. The highest BCUT2D eigenvalue weighted by Gasteiger charge is 2.34. The Balaban J connectivity index is 3.31. The highest BCUT2D eigenvalue weighted by atomic mass is 35.5. The minimum absolute atomic E-state index is 0.250. The van der Waals surface area contributed by atoms with Gasteiger partial charge in [0, 0.05) is 0 Å². The van der Waals surface area contributed by atoms with E-state index >= 15 is 0 Å². The molecule has 1 rings (SSSR count). The maximum atomic E-state index is 12.6. The van der Waals surface area contributed by atoms with Gasteiger partial charge in [0.25, 0.3) is 0 Å². The molecule has 0 aliphatic heterocycles. The van der Waals surface area contributed by atoms with Gasteiger partial charge in [-0.15, -0.1) is 46.4 Å². The Labute approximate surface area is 110 Å². The number of alkyl halides is 7. The van der Waals surface area contributed by atoms with Crippen molar-refractivity contribution >= 4 is 46.4 Å². The molecule has 0 nitrogen and oxygen atoms in total. The normalized spacial score (nSPS) is 12.6. The van der Waals surface area contributed by atoms with Crippen LogP contribution in [-0.4, -0.2) is 0 Å². The van der Waals surface area contributed by atoms with Gasteiger partial charge in [0.2, 0.25) is 0 Å². The van der Waals surface area contributed by atoms with Crippen molar-refractivity contribution in [2.45, 2.75) is 15.8 Å². The van der Waals surface area contributed by atoms with Crippen molar-refractivity contribution in [2.75, 3.05) is 0 Å². The number of hydrogen-bond donors (Lipinski definition) is 0. The summed E-state index contributed by atoms with van der Waals surface area (Å²) in [6, 6.07) is 3.20. The Hall–Kier alpha value is 0.170. The summed E-state index contributed by atoms with van der Waals surface area (Å²) in [6.07, 6.45) is -4.51. The molecule has 0 aliphatic rings. The third-order valence-electron chi connectivity index (χ3n) is 1.87. The van der Waals surface area contributed by atoms with Crippen molar-refractivity contribution in [3.63, 3.8) is 0 Å². The van der Waals surface area contributed by atoms with E-state index in [0.717, 1.165) is 12.1 Å². The Bertz CT molecular complexity index is 374. The summed E-state index contributed by atoms with van der Waals surface area (Å²) in [7, 11) is 0. The predicted octanol–water partition coefficient (Wildman–Crippen LogP) is 5.66. The molecule has 0 fully saturated rings. The van der Waals surface area contributed by atoms with Gasteiger partial charge in [-0.1, -0.05) is 6.07 Å². The van der Waals surface area contributed by atoms with Crippen LogP contribution in [0.3, 0.4) is 0 Å². The molecule has 0 amide bonds. The van der Waals surface area contributed by atoms with Gasteiger partial charge in [0.1, 0.15) is 9.67 Å². The minimum atomic E-state index is -4.51. The second kappa shape index (κ2) is 5.21. The fourth-order valence-electron chi connectivity index (χ4n) is 1.16. The van der Waals surface area contributed by atoms with E-state index in [1.807, 2.05) is 0 Å². The maximum absolute atomic E-state index is 12.6. The van der Waals surface area contributed by atoms with Gasteiger partial charge >= 0.3 is 6.18 Å². The molecule has 0 saturated heterocycles. The highest BCUT2D eigenvalue weighted by molar-refractivity contribution is 6.45. The standard InChI is InChI=1S/C9H5Cl4F3/c10-7(11)4-1-2-6(9(14,15)16)5(3-4)8(12)13/h1-3,7-8H. The molecule has 0 bridgehead atoms. The SMILES string of the molecule is FC(F)(F)c1ccc(C(Cl)Cl)cc1C(Cl)Cl. The van der Waals surface area contributed by atoms with Crippen LogP contribution in [0.1, 0.15) is 26.4 Å². The van der Waals surface area contributed by atoms with E-state index < -0.39 is 21.4 Å². The van der Waals surface area contributed by atoms with Crippen molar-refractivity contribution in [3.05, 3.63) is 34.9 Å². The van der Waals surface area contributed by atoms with E-state index in [1.165, 1.54) is 6.07 Å². The van der Waals surface area contributed by atoms with Gasteiger partial charge in [-0.05, 0) is 23.3 Å². The molecule has 16 heavy (non-hydrogen) atoms. The first-order chi connectivity index (χ1) is 7.23. The number of benzene rings is 1. The van der Waals surface area contributed by atoms with E-state index in [4.69, 9.17) is 46.4 Å². The fourth-order valence-corrected chi connectivity index (χ4v) is 1.79. The lowest BCUT2D eigenvalue weighted by molar-refractivity contribution is -0.138. The maximum Gasteiger partial charge on any atom is 0.416 e. The molecule has 0 saturated carbocycles. The van der Waals surface area contributed by atoms with Crippen molar-refractivity contribution < 1.29 is 13.2 Å². The van der Waals surface area contributed by atoms with E-state index in [2.05, 4.69) is 0 Å². The molecule has 0 aliphatic carbocycles. The van der Waals surface area contributed by atoms with Crippen LogP contribution in [0.25, 0.3) is 0 Å². The Kier molecular flexibility index (Phi) is 4.64. The van der Waals surface area contributed by atoms with Crippen molar-refractivity contribution in [1.82, 2.24) is 0 Å². The molecule has 1 aromatic carbocycles. The van der Waals surface area contributed by atoms with Crippen molar-refractivity contribution in [1.29, 1.82) is 0 Å². The van der Waals surface area contributed by atoms with Crippen molar-refractivity contribution in [2.24, 2.45) is 0 Å². The lowest BCUT2D eigenvalue weighted by atomic mass is 10.1. The van der Waals surface area contributed by atoms with Crippen LogP contribution < -0.4 is 0 Å². The second-order valence-electron chi connectivity index (χ2n) is 2.95. The summed E-state index contributed by atoms with van der Waals surface area (Å²) < 4.78 is 37.7. The first kappa shape index (κ1) is 14.2. The molecule has 0 heterocycles. The lowest BCUT2D eigenvalue weighted by Gasteiger charge is -2.15. The number of rotatable bonds is 2. The minimum Gasteiger partial charge on any atom is -0.166 e. The second-order valence-corrected chi connectivity index (χ2v) is 5.14. The average molecular weight is 312 g/mol. The molecule has 0 atom stereocenters. The summed E-state index contributed by atoms with van der Waals surface area (Å²) in [5.74, 6) is 0. The van der Waals surface area contributed by atoms with Gasteiger partial charge in [0.15, 0.2) is 0 Å². The molecule has 0 N–H and O–H groups in total. The zero-order valence-corrected chi connectivity index (χ0v) is 10.6. The first-order valence-electron chi connectivity index (χ1n) is 4.01. The largest absolute Gasteiger partial charge is 0.416 e. The van der Waals surface area contributed by atoms with E-state index in [9.17, 15) is 13.2 Å². The molecular formula is C9H5Cl4F3. The van der Waals surface area contributed by atoms with E-state index in [-0.39, 0.29) is 5.56 Å². The van der Waals surface area contributed by atoms with E-state index in [0.29, 0.717) is 5.56 Å². The van der Waals surface area contributed by atoms with Crippen LogP contribution in [0.5, 0.6) is 0 Å². The van der Waals surface area contributed by atoms with Gasteiger partial charge in [0.05, 0.1) is 5.56 Å². The van der Waals surface area contributed by atoms with Crippen LogP contribution in [0.4, 0.5) is 13.2 Å². The van der Waals surface area contributed by atoms with Crippen LogP contribution in [0.15, 0.2) is 18.2 Å².